The topological polar surface area (TPSA) is 83.7 Å². The molecule has 126 valence electrons. The molecule has 2 amide bonds. The number of carbonyl (C=O) groups is 2. The zero-order chi connectivity index (χ0) is 17.2. The fraction of sp³-hybridized carbons (Fsp3) is 0.278. The van der Waals surface area contributed by atoms with Gasteiger partial charge in [-0.15, -0.1) is 0 Å². The number of nitrogens with one attached hydrogen (secondary N) is 2. The molecule has 0 aliphatic rings. The number of furan rings is 1. The van der Waals surface area contributed by atoms with E-state index in [1.165, 1.54) is 0 Å². The van der Waals surface area contributed by atoms with Crippen LogP contribution in [0.2, 0.25) is 0 Å². The highest BCUT2D eigenvalue weighted by atomic mass is 16.3. The molecule has 24 heavy (non-hydrogen) atoms. The first-order chi connectivity index (χ1) is 11.6. The van der Waals surface area contributed by atoms with Gasteiger partial charge < -0.3 is 9.73 Å². The first kappa shape index (κ1) is 17.5. The number of benzene rings is 1. The Morgan fingerprint density at radius 2 is 1.88 bits per heavy atom. The van der Waals surface area contributed by atoms with Crippen molar-refractivity contribution in [3.05, 3.63) is 60.1 Å². The van der Waals surface area contributed by atoms with Crippen LogP contribution in [0.3, 0.4) is 0 Å². The maximum atomic E-state index is 11.8. The summed E-state index contributed by atoms with van der Waals surface area (Å²) < 4.78 is 5.13. The smallest absolute Gasteiger partial charge is 0.240 e. The lowest BCUT2D eigenvalue weighted by Gasteiger charge is -2.04. The molecule has 2 N–H and O–H groups in total. The average molecular weight is 327 g/mol. The highest BCUT2D eigenvalue weighted by Gasteiger charge is 2.06. The SMILES string of the molecule is C/C(CC(=O)NCc1ccco1)=N\NC(=O)CCc1ccccc1. The number of aryl methyl sites for hydroxylation is 1. The van der Waals surface area contributed by atoms with Crippen molar-refractivity contribution in [1.82, 2.24) is 10.7 Å². The van der Waals surface area contributed by atoms with Gasteiger partial charge in [0.25, 0.3) is 0 Å². The summed E-state index contributed by atoms with van der Waals surface area (Å²) in [5.41, 5.74) is 4.12. The molecule has 0 aliphatic carbocycles. The minimum atomic E-state index is -0.175. The van der Waals surface area contributed by atoms with Crippen LogP contribution < -0.4 is 10.7 Å². The molecule has 1 heterocycles. The maximum Gasteiger partial charge on any atom is 0.240 e. The van der Waals surface area contributed by atoms with E-state index in [2.05, 4.69) is 15.8 Å². The molecular weight excluding hydrogens is 306 g/mol. The normalized spacial score (nSPS) is 11.1. The third kappa shape index (κ3) is 6.48. The maximum absolute atomic E-state index is 11.8. The van der Waals surface area contributed by atoms with Crippen LogP contribution >= 0.6 is 0 Å². The second-order valence-corrected chi connectivity index (χ2v) is 5.40. The standard InChI is InChI=1S/C18H21N3O3/c1-14(12-18(23)19-13-16-8-5-11-24-16)20-21-17(22)10-9-15-6-3-2-4-7-15/h2-8,11H,9-10,12-13H2,1H3,(H,19,23)(H,21,22)/b20-14+. The summed E-state index contributed by atoms with van der Waals surface area (Å²) in [5, 5.41) is 6.68. The quantitative estimate of drug-likeness (QED) is 0.577. The van der Waals surface area contributed by atoms with Crippen LogP contribution in [-0.2, 0) is 22.6 Å². The van der Waals surface area contributed by atoms with Gasteiger partial charge in [-0.2, -0.15) is 5.10 Å². The predicted octanol–water partition coefficient (Wildman–Crippen LogP) is 2.41. The van der Waals surface area contributed by atoms with Gasteiger partial charge in [-0.25, -0.2) is 5.43 Å². The van der Waals surface area contributed by atoms with E-state index < -0.39 is 0 Å². The molecule has 2 rings (SSSR count). The average Bonchev–Trinajstić information content (AvgIpc) is 3.11. The third-order valence-corrected chi connectivity index (χ3v) is 3.31. The number of amides is 2. The molecule has 0 bridgehead atoms. The van der Waals surface area contributed by atoms with E-state index >= 15 is 0 Å². The van der Waals surface area contributed by atoms with E-state index in [1.54, 1.807) is 25.3 Å². The molecule has 0 saturated carbocycles. The van der Waals surface area contributed by atoms with E-state index in [-0.39, 0.29) is 18.2 Å². The molecule has 0 atom stereocenters. The van der Waals surface area contributed by atoms with E-state index in [0.717, 1.165) is 5.56 Å². The van der Waals surface area contributed by atoms with E-state index in [9.17, 15) is 9.59 Å². The van der Waals surface area contributed by atoms with Crippen LogP contribution in [0.5, 0.6) is 0 Å². The second-order valence-electron chi connectivity index (χ2n) is 5.40. The molecule has 0 fully saturated rings. The van der Waals surface area contributed by atoms with Crippen LogP contribution in [-0.4, -0.2) is 17.5 Å². The Morgan fingerprint density at radius 3 is 2.58 bits per heavy atom. The van der Waals surface area contributed by atoms with E-state index in [0.29, 0.717) is 30.9 Å². The monoisotopic (exact) mass is 327 g/mol. The first-order valence-corrected chi connectivity index (χ1v) is 7.78. The van der Waals surface area contributed by atoms with Gasteiger partial charge in [0.1, 0.15) is 5.76 Å². The van der Waals surface area contributed by atoms with Crippen LogP contribution in [0, 0.1) is 0 Å². The van der Waals surface area contributed by atoms with Crippen molar-refractivity contribution in [2.24, 2.45) is 5.10 Å². The number of carbonyl (C=O) groups excluding carboxylic acids is 2. The number of hydrogen-bond donors (Lipinski definition) is 2. The molecule has 0 radical (unpaired) electrons. The fourth-order valence-electron chi connectivity index (χ4n) is 2.05. The summed E-state index contributed by atoms with van der Waals surface area (Å²) in [7, 11) is 0. The lowest BCUT2D eigenvalue weighted by Crippen LogP contribution is -2.26. The van der Waals surface area contributed by atoms with E-state index in [1.807, 2.05) is 30.3 Å². The Bertz CT molecular complexity index is 679. The molecule has 6 nitrogen and oxygen atoms in total. The Balaban J connectivity index is 1.66. The fourth-order valence-corrected chi connectivity index (χ4v) is 2.05. The number of hydrogen-bond acceptors (Lipinski definition) is 4. The zero-order valence-electron chi connectivity index (χ0n) is 13.6. The van der Waals surface area contributed by atoms with Gasteiger partial charge in [0.15, 0.2) is 0 Å². The minimum Gasteiger partial charge on any atom is -0.467 e. The first-order valence-electron chi connectivity index (χ1n) is 7.78. The van der Waals surface area contributed by atoms with Crippen LogP contribution in [0.25, 0.3) is 0 Å². The predicted molar refractivity (Wildman–Crippen MR) is 91.2 cm³/mol. The van der Waals surface area contributed by atoms with Gasteiger partial charge >= 0.3 is 0 Å². The summed E-state index contributed by atoms with van der Waals surface area (Å²) in [4.78, 5) is 23.5. The van der Waals surface area contributed by atoms with Gasteiger partial charge in [0.2, 0.25) is 11.8 Å². The van der Waals surface area contributed by atoms with Crippen molar-refractivity contribution in [1.29, 1.82) is 0 Å². The van der Waals surface area contributed by atoms with Crippen molar-refractivity contribution < 1.29 is 14.0 Å². The van der Waals surface area contributed by atoms with Crippen molar-refractivity contribution in [3.8, 4) is 0 Å². The van der Waals surface area contributed by atoms with Gasteiger partial charge in [-0.3, -0.25) is 9.59 Å². The molecule has 0 saturated heterocycles. The zero-order valence-corrected chi connectivity index (χ0v) is 13.6. The number of nitrogens with zero attached hydrogens (tertiary/aromatic N) is 1. The van der Waals surface area contributed by atoms with Gasteiger partial charge in [-0.1, -0.05) is 30.3 Å². The lowest BCUT2D eigenvalue weighted by molar-refractivity contribution is -0.121. The number of hydrazone groups is 1. The van der Waals surface area contributed by atoms with Gasteiger partial charge in [-0.05, 0) is 31.0 Å². The van der Waals surface area contributed by atoms with Crippen molar-refractivity contribution >= 4 is 17.5 Å². The minimum absolute atomic E-state index is 0.125. The molecular formula is C18H21N3O3. The lowest BCUT2D eigenvalue weighted by atomic mass is 10.1. The van der Waals surface area contributed by atoms with Gasteiger partial charge in [0.05, 0.1) is 19.2 Å². The molecule has 0 unspecified atom stereocenters. The van der Waals surface area contributed by atoms with E-state index in [4.69, 9.17) is 4.42 Å². The molecule has 1 aromatic heterocycles. The molecule has 0 spiro atoms. The Kier molecular flexibility index (Phi) is 6.76. The summed E-state index contributed by atoms with van der Waals surface area (Å²) >= 11 is 0. The van der Waals surface area contributed by atoms with Crippen LogP contribution in [0.4, 0.5) is 0 Å². The molecule has 6 heteroatoms. The number of rotatable bonds is 8. The Hall–Kier alpha value is -2.89. The Morgan fingerprint density at radius 1 is 1.08 bits per heavy atom. The summed E-state index contributed by atoms with van der Waals surface area (Å²) in [6, 6.07) is 13.3. The van der Waals surface area contributed by atoms with Crippen molar-refractivity contribution in [2.75, 3.05) is 0 Å². The summed E-state index contributed by atoms with van der Waals surface area (Å²) in [5.74, 6) is 0.340. The van der Waals surface area contributed by atoms with Crippen LogP contribution in [0.15, 0.2) is 58.2 Å². The molecule has 2 aromatic rings. The van der Waals surface area contributed by atoms with Crippen molar-refractivity contribution in [2.45, 2.75) is 32.7 Å². The van der Waals surface area contributed by atoms with Crippen LogP contribution in [0.1, 0.15) is 31.1 Å². The highest BCUT2D eigenvalue weighted by molar-refractivity contribution is 6.00. The highest BCUT2D eigenvalue weighted by Crippen LogP contribution is 2.02. The summed E-state index contributed by atoms with van der Waals surface area (Å²) in [6.07, 6.45) is 2.69. The largest absolute Gasteiger partial charge is 0.467 e. The van der Waals surface area contributed by atoms with Gasteiger partial charge in [0, 0.05) is 12.1 Å². The molecule has 0 aliphatic heterocycles. The Labute approximate surface area is 140 Å². The third-order valence-electron chi connectivity index (χ3n) is 3.31. The second kappa shape index (κ2) is 9.29. The van der Waals surface area contributed by atoms with Crippen molar-refractivity contribution in [3.63, 3.8) is 0 Å². The summed E-state index contributed by atoms with van der Waals surface area (Å²) in [6.45, 7) is 2.03. The molecule has 1 aromatic carbocycles.